The Hall–Kier alpha value is -2.14. The Labute approximate surface area is 118 Å². The minimum atomic E-state index is -1.45. The van der Waals surface area contributed by atoms with Crippen LogP contribution < -0.4 is 5.32 Å². The number of aromatic carboxylic acids is 1. The average Bonchev–Trinajstić information content (AvgIpc) is 2.37. The summed E-state index contributed by atoms with van der Waals surface area (Å²) in [6.07, 6.45) is 0. The first-order valence-corrected chi connectivity index (χ1v) is 6.06. The van der Waals surface area contributed by atoms with Gasteiger partial charge in [0.2, 0.25) is 0 Å². The smallest absolute Gasteiger partial charge is 0.338 e. The summed E-state index contributed by atoms with van der Waals surface area (Å²) < 4.78 is 26.8. The fraction of sp³-hybridized carbons (Fsp3) is 0.0714. The average molecular weight is 298 g/mol. The van der Waals surface area contributed by atoms with Gasteiger partial charge in [-0.05, 0) is 23.8 Å². The lowest BCUT2D eigenvalue weighted by atomic mass is 10.1. The van der Waals surface area contributed by atoms with Gasteiger partial charge in [0.1, 0.15) is 11.6 Å². The summed E-state index contributed by atoms with van der Waals surface area (Å²) in [7, 11) is 0. The minimum absolute atomic E-state index is 0.0798. The molecule has 6 heteroatoms. The summed E-state index contributed by atoms with van der Waals surface area (Å²) in [4.78, 5) is 10.8. The van der Waals surface area contributed by atoms with E-state index < -0.39 is 23.2 Å². The molecule has 0 aromatic heterocycles. The SMILES string of the molecule is O=C(O)c1cc(NCc2cccc(Cl)c2)c(F)cc1F. The van der Waals surface area contributed by atoms with Gasteiger partial charge < -0.3 is 10.4 Å². The highest BCUT2D eigenvalue weighted by Crippen LogP contribution is 2.21. The number of hydrogen-bond donors (Lipinski definition) is 2. The van der Waals surface area contributed by atoms with E-state index in [1.54, 1.807) is 24.3 Å². The molecular formula is C14H10ClF2NO2. The third-order valence-corrected chi connectivity index (χ3v) is 2.89. The molecule has 0 radical (unpaired) electrons. The van der Waals surface area contributed by atoms with E-state index in [9.17, 15) is 13.6 Å². The van der Waals surface area contributed by atoms with Crippen molar-refractivity contribution in [3.05, 3.63) is 64.2 Å². The summed E-state index contributed by atoms with van der Waals surface area (Å²) in [5.74, 6) is -3.41. The number of nitrogens with one attached hydrogen (secondary N) is 1. The van der Waals surface area contributed by atoms with Gasteiger partial charge in [0.25, 0.3) is 0 Å². The van der Waals surface area contributed by atoms with Crippen molar-refractivity contribution < 1.29 is 18.7 Å². The number of rotatable bonds is 4. The molecule has 0 amide bonds. The number of benzene rings is 2. The highest BCUT2D eigenvalue weighted by atomic mass is 35.5. The Bertz CT molecular complexity index is 662. The molecular weight excluding hydrogens is 288 g/mol. The molecule has 2 aromatic rings. The second-order valence-corrected chi connectivity index (χ2v) is 4.54. The van der Waals surface area contributed by atoms with Gasteiger partial charge in [-0.15, -0.1) is 0 Å². The standard InChI is InChI=1S/C14H10ClF2NO2/c15-9-3-1-2-8(4-9)7-18-13-5-10(14(19)20)11(16)6-12(13)17/h1-6,18H,7H2,(H,19,20). The van der Waals surface area contributed by atoms with Crippen LogP contribution in [0.4, 0.5) is 14.5 Å². The third kappa shape index (κ3) is 3.24. The van der Waals surface area contributed by atoms with Crippen LogP contribution in [0.1, 0.15) is 15.9 Å². The Morgan fingerprint density at radius 3 is 2.60 bits per heavy atom. The first-order chi connectivity index (χ1) is 9.47. The van der Waals surface area contributed by atoms with Crippen LogP contribution >= 0.6 is 11.6 Å². The van der Waals surface area contributed by atoms with E-state index in [4.69, 9.17) is 16.7 Å². The van der Waals surface area contributed by atoms with Crippen LogP contribution in [-0.4, -0.2) is 11.1 Å². The van der Waals surface area contributed by atoms with E-state index in [1.165, 1.54) is 0 Å². The topological polar surface area (TPSA) is 49.3 Å². The molecule has 0 heterocycles. The fourth-order valence-electron chi connectivity index (χ4n) is 1.69. The predicted molar refractivity (Wildman–Crippen MR) is 72.1 cm³/mol. The predicted octanol–water partition coefficient (Wildman–Crippen LogP) is 3.93. The molecule has 0 saturated heterocycles. The van der Waals surface area contributed by atoms with Crippen LogP contribution in [-0.2, 0) is 6.54 Å². The van der Waals surface area contributed by atoms with Crippen molar-refractivity contribution in [3.63, 3.8) is 0 Å². The van der Waals surface area contributed by atoms with Gasteiger partial charge in [0, 0.05) is 17.6 Å². The maximum absolute atomic E-state index is 13.6. The lowest BCUT2D eigenvalue weighted by Gasteiger charge is -2.09. The van der Waals surface area contributed by atoms with Crippen molar-refractivity contribution >= 4 is 23.3 Å². The van der Waals surface area contributed by atoms with Gasteiger partial charge in [-0.1, -0.05) is 23.7 Å². The summed E-state index contributed by atoms with van der Waals surface area (Å²) in [6, 6.07) is 8.38. The van der Waals surface area contributed by atoms with E-state index in [-0.39, 0.29) is 12.2 Å². The quantitative estimate of drug-likeness (QED) is 0.899. The van der Waals surface area contributed by atoms with Crippen LogP contribution in [0.2, 0.25) is 5.02 Å². The van der Waals surface area contributed by atoms with E-state index in [0.717, 1.165) is 11.6 Å². The number of hydrogen-bond acceptors (Lipinski definition) is 2. The van der Waals surface area contributed by atoms with Crippen LogP contribution in [0.15, 0.2) is 36.4 Å². The fourth-order valence-corrected chi connectivity index (χ4v) is 1.91. The van der Waals surface area contributed by atoms with Gasteiger partial charge >= 0.3 is 5.97 Å². The lowest BCUT2D eigenvalue weighted by Crippen LogP contribution is -2.06. The van der Waals surface area contributed by atoms with Crippen molar-refractivity contribution in [2.24, 2.45) is 0 Å². The number of anilines is 1. The molecule has 20 heavy (non-hydrogen) atoms. The Morgan fingerprint density at radius 2 is 1.95 bits per heavy atom. The normalized spacial score (nSPS) is 10.3. The molecule has 0 aliphatic heterocycles. The highest BCUT2D eigenvalue weighted by Gasteiger charge is 2.15. The molecule has 0 bridgehead atoms. The molecule has 0 fully saturated rings. The van der Waals surface area contributed by atoms with Gasteiger partial charge in [0.05, 0.1) is 11.3 Å². The zero-order chi connectivity index (χ0) is 14.7. The van der Waals surface area contributed by atoms with Gasteiger partial charge in [-0.3, -0.25) is 0 Å². The minimum Gasteiger partial charge on any atom is -0.478 e. The molecule has 0 saturated carbocycles. The zero-order valence-corrected chi connectivity index (χ0v) is 10.9. The van der Waals surface area contributed by atoms with Crippen molar-refractivity contribution in [1.29, 1.82) is 0 Å². The molecule has 0 spiro atoms. The molecule has 2 aromatic carbocycles. The Morgan fingerprint density at radius 1 is 1.20 bits per heavy atom. The lowest BCUT2D eigenvalue weighted by molar-refractivity contribution is 0.0692. The van der Waals surface area contributed by atoms with E-state index in [1.807, 2.05) is 0 Å². The summed E-state index contributed by atoms with van der Waals surface area (Å²) in [6.45, 7) is 0.238. The van der Waals surface area contributed by atoms with Gasteiger partial charge in [0.15, 0.2) is 0 Å². The maximum Gasteiger partial charge on any atom is 0.338 e. The highest BCUT2D eigenvalue weighted by molar-refractivity contribution is 6.30. The van der Waals surface area contributed by atoms with E-state index in [2.05, 4.69) is 5.32 Å². The molecule has 0 unspecified atom stereocenters. The molecule has 2 N–H and O–H groups in total. The summed E-state index contributed by atoms with van der Waals surface area (Å²) in [5.41, 5.74) is 0.127. The van der Waals surface area contributed by atoms with Crippen molar-refractivity contribution in [1.82, 2.24) is 0 Å². The molecule has 0 aliphatic rings. The molecule has 0 atom stereocenters. The van der Waals surface area contributed by atoms with Crippen LogP contribution in [0.5, 0.6) is 0 Å². The van der Waals surface area contributed by atoms with E-state index >= 15 is 0 Å². The van der Waals surface area contributed by atoms with Crippen molar-refractivity contribution in [2.75, 3.05) is 5.32 Å². The van der Waals surface area contributed by atoms with Crippen molar-refractivity contribution in [3.8, 4) is 0 Å². The first kappa shape index (κ1) is 14.3. The van der Waals surface area contributed by atoms with Crippen LogP contribution in [0.25, 0.3) is 0 Å². The van der Waals surface area contributed by atoms with Crippen LogP contribution in [0, 0.1) is 11.6 Å². The van der Waals surface area contributed by atoms with Crippen molar-refractivity contribution in [2.45, 2.75) is 6.54 Å². The number of carboxylic acids is 1. The molecule has 0 aliphatic carbocycles. The maximum atomic E-state index is 13.6. The number of halogens is 3. The van der Waals surface area contributed by atoms with E-state index in [0.29, 0.717) is 11.1 Å². The molecule has 2 rings (SSSR count). The Balaban J connectivity index is 2.21. The van der Waals surface area contributed by atoms with Gasteiger partial charge in [-0.2, -0.15) is 0 Å². The second-order valence-electron chi connectivity index (χ2n) is 4.10. The summed E-state index contributed by atoms with van der Waals surface area (Å²) >= 11 is 5.82. The second kappa shape index (κ2) is 5.88. The first-order valence-electron chi connectivity index (χ1n) is 5.68. The number of carboxylic acid groups (broad SMARTS) is 1. The molecule has 104 valence electrons. The summed E-state index contributed by atoms with van der Waals surface area (Å²) in [5, 5.41) is 12.0. The van der Waals surface area contributed by atoms with Gasteiger partial charge in [-0.25, -0.2) is 13.6 Å². The number of carbonyl (C=O) groups is 1. The Kier molecular flexibility index (Phi) is 4.20. The molecule has 3 nitrogen and oxygen atoms in total. The largest absolute Gasteiger partial charge is 0.478 e. The monoisotopic (exact) mass is 297 g/mol. The third-order valence-electron chi connectivity index (χ3n) is 2.66. The zero-order valence-electron chi connectivity index (χ0n) is 10.2. The van der Waals surface area contributed by atoms with Crippen LogP contribution in [0.3, 0.4) is 0 Å².